The Balaban J connectivity index is 2.08. The molecule has 0 fully saturated rings. The highest BCUT2D eigenvalue weighted by Crippen LogP contribution is 2.22. The number of aromatic nitrogens is 1. The van der Waals surface area contributed by atoms with E-state index in [1.807, 2.05) is 6.07 Å². The maximum Gasteiger partial charge on any atom is 0.272 e. The summed E-state index contributed by atoms with van der Waals surface area (Å²) in [4.78, 5) is 14.4. The van der Waals surface area contributed by atoms with Crippen molar-refractivity contribution >= 4 is 27.3 Å². The molecule has 0 bridgehead atoms. The summed E-state index contributed by atoms with van der Waals surface area (Å²) in [6, 6.07) is 6.95. The lowest BCUT2D eigenvalue weighted by Crippen LogP contribution is -2.01. The summed E-state index contributed by atoms with van der Waals surface area (Å²) in [6.45, 7) is 2.34. The molecule has 0 aliphatic carbocycles. The molecule has 6 heteroatoms. The van der Waals surface area contributed by atoms with Gasteiger partial charge in [-0.2, -0.15) is 0 Å². The van der Waals surface area contributed by atoms with Crippen LogP contribution in [0.4, 0.5) is 11.4 Å². The maximum atomic E-state index is 10.7. The Bertz CT molecular complexity index is 617. The smallest absolute Gasteiger partial charge is 0.272 e. The van der Waals surface area contributed by atoms with E-state index in [0.717, 1.165) is 15.7 Å². The minimum atomic E-state index is -0.378. The van der Waals surface area contributed by atoms with E-state index < -0.39 is 0 Å². The Hall–Kier alpha value is -1.95. The molecule has 2 aromatic rings. The van der Waals surface area contributed by atoms with E-state index in [0.29, 0.717) is 12.1 Å². The largest absolute Gasteiger partial charge is 0.381 e. The van der Waals surface area contributed by atoms with Crippen molar-refractivity contribution in [1.82, 2.24) is 4.98 Å². The molecule has 1 aromatic carbocycles. The summed E-state index contributed by atoms with van der Waals surface area (Å²) >= 11 is 3.36. The van der Waals surface area contributed by atoms with E-state index >= 15 is 0 Å². The topological polar surface area (TPSA) is 68.1 Å². The molecule has 5 nitrogen and oxygen atoms in total. The molecule has 19 heavy (non-hydrogen) atoms. The van der Waals surface area contributed by atoms with E-state index in [1.165, 1.54) is 6.07 Å². The van der Waals surface area contributed by atoms with Crippen LogP contribution in [0.1, 0.15) is 11.1 Å². The Morgan fingerprint density at radius 3 is 2.79 bits per heavy atom. The summed E-state index contributed by atoms with van der Waals surface area (Å²) in [5.41, 5.74) is 2.66. The quantitative estimate of drug-likeness (QED) is 0.689. The Morgan fingerprint density at radius 1 is 1.37 bits per heavy atom. The number of aryl methyl sites for hydroxylation is 1. The van der Waals surface area contributed by atoms with Crippen molar-refractivity contribution in [3.63, 3.8) is 0 Å². The second kappa shape index (κ2) is 5.79. The highest BCUT2D eigenvalue weighted by Gasteiger charge is 2.09. The van der Waals surface area contributed by atoms with Gasteiger partial charge in [0.2, 0.25) is 0 Å². The lowest BCUT2D eigenvalue weighted by Gasteiger charge is -2.07. The van der Waals surface area contributed by atoms with Gasteiger partial charge in [-0.1, -0.05) is 0 Å². The Kier molecular flexibility index (Phi) is 4.11. The van der Waals surface area contributed by atoms with Crippen molar-refractivity contribution in [2.75, 3.05) is 5.32 Å². The van der Waals surface area contributed by atoms with Gasteiger partial charge in [0, 0.05) is 40.7 Å². The van der Waals surface area contributed by atoms with Crippen LogP contribution in [0.2, 0.25) is 0 Å². The lowest BCUT2D eigenvalue weighted by atomic mass is 10.2. The summed E-state index contributed by atoms with van der Waals surface area (Å²) in [7, 11) is 0. The van der Waals surface area contributed by atoms with Crippen molar-refractivity contribution in [3.05, 3.63) is 62.4 Å². The van der Waals surface area contributed by atoms with E-state index in [2.05, 4.69) is 26.2 Å². The highest BCUT2D eigenvalue weighted by molar-refractivity contribution is 9.10. The monoisotopic (exact) mass is 321 g/mol. The fourth-order valence-electron chi connectivity index (χ4n) is 1.73. The molecule has 0 aliphatic heterocycles. The number of halogens is 1. The Morgan fingerprint density at radius 2 is 2.16 bits per heavy atom. The molecule has 0 radical (unpaired) electrons. The van der Waals surface area contributed by atoms with Crippen molar-refractivity contribution in [2.24, 2.45) is 0 Å². The molecule has 0 saturated carbocycles. The molecule has 0 amide bonds. The number of hydrogen-bond donors (Lipinski definition) is 1. The van der Waals surface area contributed by atoms with Crippen LogP contribution in [0.15, 0.2) is 41.1 Å². The number of benzene rings is 1. The summed E-state index contributed by atoms with van der Waals surface area (Å²) in [6.07, 6.45) is 3.50. The van der Waals surface area contributed by atoms with E-state index in [1.54, 1.807) is 31.5 Å². The van der Waals surface area contributed by atoms with Crippen LogP contribution in [0.25, 0.3) is 0 Å². The van der Waals surface area contributed by atoms with Crippen molar-refractivity contribution in [3.8, 4) is 0 Å². The molecule has 1 aromatic heterocycles. The molecule has 2 rings (SSSR count). The highest BCUT2D eigenvalue weighted by atomic mass is 79.9. The average molecular weight is 322 g/mol. The minimum Gasteiger partial charge on any atom is -0.381 e. The predicted octanol–water partition coefficient (Wildman–Crippen LogP) is 3.67. The molecule has 0 unspecified atom stereocenters. The van der Waals surface area contributed by atoms with Gasteiger partial charge in [-0.3, -0.25) is 15.1 Å². The zero-order chi connectivity index (χ0) is 13.8. The molecule has 0 atom stereocenters. The number of nitrogens with zero attached hydrogens (tertiary/aromatic N) is 2. The van der Waals surface area contributed by atoms with Crippen LogP contribution in [0, 0.1) is 17.0 Å². The summed E-state index contributed by atoms with van der Waals surface area (Å²) in [5.74, 6) is 0. The number of rotatable bonds is 4. The zero-order valence-electron chi connectivity index (χ0n) is 10.3. The molecule has 0 saturated heterocycles. The third-order valence-corrected chi connectivity index (χ3v) is 3.09. The SMILES string of the molecule is Cc1cc(NCc2cncc(Br)c2)ccc1[N+](=O)[O-]. The van der Waals surface area contributed by atoms with E-state index in [9.17, 15) is 10.1 Å². The van der Waals surface area contributed by atoms with Gasteiger partial charge in [0.1, 0.15) is 0 Å². The van der Waals surface area contributed by atoms with Gasteiger partial charge in [0.05, 0.1) is 4.92 Å². The van der Waals surface area contributed by atoms with Crippen molar-refractivity contribution < 1.29 is 4.92 Å². The standard InChI is InChI=1S/C13H12BrN3O2/c1-9-4-12(2-3-13(9)17(18)19)16-7-10-5-11(14)8-15-6-10/h2-6,8,16H,7H2,1H3. The van der Waals surface area contributed by atoms with Gasteiger partial charge < -0.3 is 5.32 Å². The number of nitro benzene ring substituents is 1. The molecular weight excluding hydrogens is 310 g/mol. The first-order valence-electron chi connectivity index (χ1n) is 5.64. The van der Waals surface area contributed by atoms with Gasteiger partial charge in [0.15, 0.2) is 0 Å². The number of nitro groups is 1. The lowest BCUT2D eigenvalue weighted by molar-refractivity contribution is -0.385. The van der Waals surface area contributed by atoms with Crippen LogP contribution in [0.3, 0.4) is 0 Å². The first kappa shape index (κ1) is 13.5. The minimum absolute atomic E-state index is 0.134. The van der Waals surface area contributed by atoms with Crippen LogP contribution in [-0.4, -0.2) is 9.91 Å². The summed E-state index contributed by atoms with van der Waals surface area (Å²) in [5, 5.41) is 13.9. The van der Waals surface area contributed by atoms with Crippen LogP contribution in [-0.2, 0) is 6.54 Å². The number of pyridine rings is 1. The van der Waals surface area contributed by atoms with Gasteiger partial charge in [0.25, 0.3) is 5.69 Å². The summed E-state index contributed by atoms with van der Waals surface area (Å²) < 4.78 is 0.923. The predicted molar refractivity (Wildman–Crippen MR) is 77.1 cm³/mol. The first-order chi connectivity index (χ1) is 9.06. The number of anilines is 1. The second-order valence-corrected chi connectivity index (χ2v) is 5.04. The van der Waals surface area contributed by atoms with Crippen molar-refractivity contribution in [2.45, 2.75) is 13.5 Å². The van der Waals surface area contributed by atoms with Gasteiger partial charge in [-0.15, -0.1) is 0 Å². The molecule has 1 heterocycles. The average Bonchev–Trinajstić information content (AvgIpc) is 2.36. The van der Waals surface area contributed by atoms with Crippen LogP contribution >= 0.6 is 15.9 Å². The van der Waals surface area contributed by atoms with Crippen LogP contribution < -0.4 is 5.32 Å². The molecular formula is C13H12BrN3O2. The maximum absolute atomic E-state index is 10.7. The molecule has 1 N–H and O–H groups in total. The van der Waals surface area contributed by atoms with Crippen molar-refractivity contribution in [1.29, 1.82) is 0 Å². The normalized spacial score (nSPS) is 10.2. The molecule has 98 valence electrons. The third kappa shape index (κ3) is 3.51. The zero-order valence-corrected chi connectivity index (χ0v) is 11.8. The van der Waals surface area contributed by atoms with Gasteiger partial charge in [-0.25, -0.2) is 0 Å². The number of hydrogen-bond acceptors (Lipinski definition) is 4. The van der Waals surface area contributed by atoms with Gasteiger partial charge >= 0.3 is 0 Å². The number of nitrogens with one attached hydrogen (secondary N) is 1. The molecule has 0 spiro atoms. The fourth-order valence-corrected chi connectivity index (χ4v) is 2.14. The second-order valence-electron chi connectivity index (χ2n) is 4.12. The fraction of sp³-hybridized carbons (Fsp3) is 0.154. The Labute approximate surface area is 119 Å². The first-order valence-corrected chi connectivity index (χ1v) is 6.44. The van der Waals surface area contributed by atoms with E-state index in [-0.39, 0.29) is 10.6 Å². The third-order valence-electron chi connectivity index (χ3n) is 2.65. The molecule has 0 aliphatic rings. The van der Waals surface area contributed by atoms with E-state index in [4.69, 9.17) is 0 Å². The van der Waals surface area contributed by atoms with Gasteiger partial charge in [-0.05, 0) is 46.6 Å². The van der Waals surface area contributed by atoms with Crippen LogP contribution in [0.5, 0.6) is 0 Å².